The van der Waals surface area contributed by atoms with Crippen molar-refractivity contribution in [3.8, 4) is 0 Å². The molecule has 0 radical (unpaired) electrons. The average molecular weight is 233 g/mol. The molecule has 0 bridgehead atoms. The molecule has 0 saturated carbocycles. The SMILES string of the molecule is Cc1c(CC(=O)O)nc(Br)n1C. The standard InChI is InChI=1S/C7H9BrN2O2/c1-4-5(3-6(11)12)9-7(8)10(4)2/h3H2,1-2H3,(H,11,12). The van der Waals surface area contributed by atoms with Crippen LogP contribution in [-0.2, 0) is 18.3 Å². The van der Waals surface area contributed by atoms with Crippen molar-refractivity contribution < 1.29 is 9.90 Å². The van der Waals surface area contributed by atoms with Crippen LogP contribution in [0.5, 0.6) is 0 Å². The zero-order valence-electron chi connectivity index (χ0n) is 6.83. The quantitative estimate of drug-likeness (QED) is 0.832. The highest BCUT2D eigenvalue weighted by Crippen LogP contribution is 2.14. The van der Waals surface area contributed by atoms with Crippen molar-refractivity contribution >= 4 is 21.9 Å². The predicted octanol–water partition coefficient (Wildman–Crippen LogP) is 1.12. The summed E-state index contributed by atoms with van der Waals surface area (Å²) in [6, 6.07) is 0. The van der Waals surface area contributed by atoms with Gasteiger partial charge in [0.15, 0.2) is 4.73 Å². The molecule has 5 heteroatoms. The van der Waals surface area contributed by atoms with E-state index in [-0.39, 0.29) is 6.42 Å². The smallest absolute Gasteiger partial charge is 0.309 e. The third-order valence-corrected chi connectivity index (χ3v) is 2.45. The van der Waals surface area contributed by atoms with Crippen LogP contribution in [0.15, 0.2) is 4.73 Å². The van der Waals surface area contributed by atoms with Crippen LogP contribution in [0.25, 0.3) is 0 Å². The Morgan fingerprint density at radius 3 is 2.67 bits per heavy atom. The lowest BCUT2D eigenvalue weighted by Gasteiger charge is -1.96. The van der Waals surface area contributed by atoms with E-state index >= 15 is 0 Å². The Labute approximate surface area is 78.4 Å². The molecule has 1 heterocycles. The summed E-state index contributed by atoms with van der Waals surface area (Å²) in [5.74, 6) is -0.858. The van der Waals surface area contributed by atoms with Gasteiger partial charge in [-0.15, -0.1) is 0 Å². The molecule has 0 aliphatic carbocycles. The summed E-state index contributed by atoms with van der Waals surface area (Å²) in [4.78, 5) is 14.4. The summed E-state index contributed by atoms with van der Waals surface area (Å²) in [6.07, 6.45) is -0.0225. The van der Waals surface area contributed by atoms with Crippen molar-refractivity contribution in [3.63, 3.8) is 0 Å². The van der Waals surface area contributed by atoms with Crippen LogP contribution in [-0.4, -0.2) is 20.6 Å². The van der Waals surface area contributed by atoms with Gasteiger partial charge in [0.2, 0.25) is 0 Å². The molecule has 0 unspecified atom stereocenters. The van der Waals surface area contributed by atoms with Gasteiger partial charge in [-0.25, -0.2) is 4.98 Å². The summed E-state index contributed by atoms with van der Waals surface area (Å²) in [5, 5.41) is 8.53. The van der Waals surface area contributed by atoms with Gasteiger partial charge in [0.05, 0.1) is 12.1 Å². The van der Waals surface area contributed by atoms with Gasteiger partial charge in [-0.3, -0.25) is 4.79 Å². The van der Waals surface area contributed by atoms with Gasteiger partial charge in [0.25, 0.3) is 0 Å². The van der Waals surface area contributed by atoms with Gasteiger partial charge in [-0.2, -0.15) is 0 Å². The number of imidazole rings is 1. The number of hydrogen-bond donors (Lipinski definition) is 1. The van der Waals surface area contributed by atoms with Crippen LogP contribution < -0.4 is 0 Å². The van der Waals surface area contributed by atoms with Crippen molar-refractivity contribution in [2.75, 3.05) is 0 Å². The minimum atomic E-state index is -0.858. The Kier molecular flexibility index (Phi) is 2.52. The lowest BCUT2D eigenvalue weighted by molar-refractivity contribution is -0.136. The zero-order valence-corrected chi connectivity index (χ0v) is 8.42. The van der Waals surface area contributed by atoms with E-state index in [1.54, 1.807) is 4.57 Å². The Morgan fingerprint density at radius 1 is 1.75 bits per heavy atom. The number of aromatic nitrogens is 2. The average Bonchev–Trinajstić information content (AvgIpc) is 2.17. The van der Waals surface area contributed by atoms with Crippen LogP contribution in [0, 0.1) is 6.92 Å². The first-order valence-corrected chi connectivity index (χ1v) is 4.21. The third kappa shape index (κ3) is 1.66. The Balaban J connectivity index is 3.01. The van der Waals surface area contributed by atoms with Crippen LogP contribution in [0.3, 0.4) is 0 Å². The van der Waals surface area contributed by atoms with E-state index in [1.165, 1.54) is 0 Å². The number of carbonyl (C=O) groups is 1. The molecule has 0 amide bonds. The van der Waals surface area contributed by atoms with Gasteiger partial charge >= 0.3 is 5.97 Å². The Bertz CT molecular complexity index is 319. The molecule has 0 saturated heterocycles. The van der Waals surface area contributed by atoms with E-state index in [1.807, 2.05) is 14.0 Å². The maximum atomic E-state index is 10.4. The first-order valence-electron chi connectivity index (χ1n) is 3.42. The van der Waals surface area contributed by atoms with Gasteiger partial charge in [0.1, 0.15) is 0 Å². The summed E-state index contributed by atoms with van der Waals surface area (Å²) in [7, 11) is 1.83. The first-order chi connectivity index (χ1) is 5.52. The topological polar surface area (TPSA) is 55.1 Å². The summed E-state index contributed by atoms with van der Waals surface area (Å²) >= 11 is 3.22. The molecule has 0 spiro atoms. The predicted molar refractivity (Wildman–Crippen MR) is 47.0 cm³/mol. The highest BCUT2D eigenvalue weighted by molar-refractivity contribution is 9.10. The molecule has 0 aliphatic rings. The maximum absolute atomic E-state index is 10.4. The number of hydrogen-bond acceptors (Lipinski definition) is 2. The molecule has 4 nitrogen and oxygen atoms in total. The van der Waals surface area contributed by atoms with Crippen LogP contribution >= 0.6 is 15.9 Å². The van der Waals surface area contributed by atoms with E-state index in [2.05, 4.69) is 20.9 Å². The highest BCUT2D eigenvalue weighted by Gasteiger charge is 2.11. The minimum absolute atomic E-state index is 0.0225. The summed E-state index contributed by atoms with van der Waals surface area (Å²) in [5.41, 5.74) is 1.49. The first kappa shape index (κ1) is 9.25. The molecule has 12 heavy (non-hydrogen) atoms. The van der Waals surface area contributed by atoms with E-state index < -0.39 is 5.97 Å². The van der Waals surface area contributed by atoms with Crippen molar-refractivity contribution in [3.05, 3.63) is 16.1 Å². The van der Waals surface area contributed by atoms with Gasteiger partial charge < -0.3 is 9.67 Å². The molecule has 1 aromatic rings. The van der Waals surface area contributed by atoms with Crippen LogP contribution in [0.1, 0.15) is 11.4 Å². The second-order valence-electron chi connectivity index (χ2n) is 2.54. The zero-order chi connectivity index (χ0) is 9.30. The van der Waals surface area contributed by atoms with Crippen molar-refractivity contribution in [2.24, 2.45) is 7.05 Å². The van der Waals surface area contributed by atoms with Crippen LogP contribution in [0.2, 0.25) is 0 Å². The molecule has 0 atom stereocenters. The van der Waals surface area contributed by atoms with Crippen molar-refractivity contribution in [1.29, 1.82) is 0 Å². The fraction of sp³-hybridized carbons (Fsp3) is 0.429. The Morgan fingerprint density at radius 2 is 2.33 bits per heavy atom. The molecule has 0 aliphatic heterocycles. The third-order valence-electron chi connectivity index (χ3n) is 1.74. The number of carboxylic acids is 1. The van der Waals surface area contributed by atoms with Crippen molar-refractivity contribution in [1.82, 2.24) is 9.55 Å². The molecule has 1 aromatic heterocycles. The molecule has 1 rings (SSSR count). The summed E-state index contributed by atoms with van der Waals surface area (Å²) < 4.78 is 2.47. The minimum Gasteiger partial charge on any atom is -0.481 e. The molecule has 0 fully saturated rings. The molecular formula is C7H9BrN2O2. The molecule has 0 aromatic carbocycles. The summed E-state index contributed by atoms with van der Waals surface area (Å²) in [6.45, 7) is 1.84. The molecule has 66 valence electrons. The van der Waals surface area contributed by atoms with Gasteiger partial charge in [-0.1, -0.05) is 0 Å². The normalized spacial score (nSPS) is 10.2. The van der Waals surface area contributed by atoms with Gasteiger partial charge in [-0.05, 0) is 22.9 Å². The van der Waals surface area contributed by atoms with E-state index in [9.17, 15) is 4.79 Å². The van der Waals surface area contributed by atoms with Crippen molar-refractivity contribution in [2.45, 2.75) is 13.3 Å². The number of rotatable bonds is 2. The lowest BCUT2D eigenvalue weighted by atomic mass is 10.2. The maximum Gasteiger partial charge on any atom is 0.309 e. The second-order valence-corrected chi connectivity index (χ2v) is 3.25. The lowest BCUT2D eigenvalue weighted by Crippen LogP contribution is -2.02. The fourth-order valence-electron chi connectivity index (χ4n) is 0.910. The largest absolute Gasteiger partial charge is 0.481 e. The van der Waals surface area contributed by atoms with E-state index in [0.29, 0.717) is 10.4 Å². The number of aliphatic carboxylic acids is 1. The number of nitrogens with zero attached hydrogens (tertiary/aromatic N) is 2. The van der Waals surface area contributed by atoms with Gasteiger partial charge in [0, 0.05) is 12.7 Å². The second kappa shape index (κ2) is 3.26. The molecular weight excluding hydrogens is 224 g/mol. The number of carboxylic acid groups (broad SMARTS) is 1. The Hall–Kier alpha value is -0.840. The van der Waals surface area contributed by atoms with E-state index in [0.717, 1.165) is 5.69 Å². The molecule has 1 N–H and O–H groups in total. The van der Waals surface area contributed by atoms with E-state index in [4.69, 9.17) is 5.11 Å². The number of halogens is 1. The van der Waals surface area contributed by atoms with Crippen LogP contribution in [0.4, 0.5) is 0 Å². The monoisotopic (exact) mass is 232 g/mol. The highest BCUT2D eigenvalue weighted by atomic mass is 79.9. The fourth-order valence-corrected chi connectivity index (χ4v) is 1.39.